The van der Waals surface area contributed by atoms with Crippen LogP contribution in [0.4, 0.5) is 5.82 Å². The molecule has 2 atom stereocenters. The number of halogens is 1. The molecular formula is C16H27IN8S. The molecule has 144 valence electrons. The number of guanidine groups is 1. The van der Waals surface area contributed by atoms with Crippen LogP contribution in [0.15, 0.2) is 17.5 Å². The number of aryl methyl sites for hydroxylation is 1. The Morgan fingerprint density at radius 2 is 2.19 bits per heavy atom. The van der Waals surface area contributed by atoms with Gasteiger partial charge in [-0.05, 0) is 25.5 Å². The monoisotopic (exact) mass is 490 g/mol. The molecule has 1 aliphatic rings. The SMILES string of the molecule is CN=C(NCCNc1ncnc2c1cnn2C)NC1CCC(SC)C1.I. The highest BCUT2D eigenvalue weighted by Crippen LogP contribution is 2.28. The van der Waals surface area contributed by atoms with Crippen LogP contribution in [0.1, 0.15) is 19.3 Å². The van der Waals surface area contributed by atoms with Crippen molar-refractivity contribution in [2.45, 2.75) is 30.6 Å². The summed E-state index contributed by atoms with van der Waals surface area (Å²) in [7, 11) is 3.69. The van der Waals surface area contributed by atoms with E-state index in [-0.39, 0.29) is 24.0 Å². The zero-order valence-corrected chi connectivity index (χ0v) is 18.5. The fourth-order valence-electron chi connectivity index (χ4n) is 3.14. The second-order valence-corrected chi connectivity index (χ2v) is 7.30. The quantitative estimate of drug-likeness (QED) is 0.246. The largest absolute Gasteiger partial charge is 0.368 e. The van der Waals surface area contributed by atoms with Gasteiger partial charge in [0.15, 0.2) is 11.6 Å². The summed E-state index contributed by atoms with van der Waals surface area (Å²) in [5.41, 5.74) is 0.826. The van der Waals surface area contributed by atoms with Crippen molar-refractivity contribution in [3.05, 3.63) is 12.5 Å². The van der Waals surface area contributed by atoms with Gasteiger partial charge in [-0.15, -0.1) is 24.0 Å². The van der Waals surface area contributed by atoms with Crippen molar-refractivity contribution in [3.63, 3.8) is 0 Å². The molecule has 2 unspecified atom stereocenters. The van der Waals surface area contributed by atoms with Crippen LogP contribution in [-0.2, 0) is 7.05 Å². The lowest BCUT2D eigenvalue weighted by atomic mass is 10.2. The fourth-order valence-corrected chi connectivity index (χ4v) is 3.93. The normalized spacial score (nSPS) is 20.0. The highest BCUT2D eigenvalue weighted by atomic mass is 127. The van der Waals surface area contributed by atoms with E-state index in [0.29, 0.717) is 6.04 Å². The number of nitrogens with zero attached hydrogens (tertiary/aromatic N) is 5. The molecule has 0 amide bonds. The average Bonchev–Trinajstić information content (AvgIpc) is 3.25. The van der Waals surface area contributed by atoms with Crippen LogP contribution in [0.2, 0.25) is 0 Å². The van der Waals surface area contributed by atoms with Crippen molar-refractivity contribution in [2.75, 3.05) is 31.7 Å². The van der Waals surface area contributed by atoms with Crippen molar-refractivity contribution < 1.29 is 0 Å². The second kappa shape index (κ2) is 10.1. The number of fused-ring (bicyclic) bond motifs is 1. The van der Waals surface area contributed by atoms with Crippen LogP contribution in [0, 0.1) is 0 Å². The molecule has 0 aliphatic heterocycles. The lowest BCUT2D eigenvalue weighted by Gasteiger charge is -2.17. The highest BCUT2D eigenvalue weighted by Gasteiger charge is 2.24. The maximum Gasteiger partial charge on any atom is 0.191 e. The number of anilines is 1. The Morgan fingerprint density at radius 3 is 2.92 bits per heavy atom. The van der Waals surface area contributed by atoms with Crippen LogP contribution in [0.3, 0.4) is 0 Å². The van der Waals surface area contributed by atoms with Gasteiger partial charge in [-0.1, -0.05) is 0 Å². The summed E-state index contributed by atoms with van der Waals surface area (Å²) >= 11 is 1.96. The minimum Gasteiger partial charge on any atom is -0.368 e. The van der Waals surface area contributed by atoms with E-state index in [1.807, 2.05) is 25.9 Å². The van der Waals surface area contributed by atoms with Crippen LogP contribution in [0.5, 0.6) is 0 Å². The van der Waals surface area contributed by atoms with Gasteiger partial charge in [0.05, 0.1) is 11.6 Å². The number of thioether (sulfide) groups is 1. The first kappa shape index (κ1) is 21.0. The van der Waals surface area contributed by atoms with E-state index < -0.39 is 0 Å². The molecule has 10 heteroatoms. The maximum atomic E-state index is 4.32. The van der Waals surface area contributed by atoms with E-state index >= 15 is 0 Å². The van der Waals surface area contributed by atoms with Gasteiger partial charge in [0.2, 0.25) is 0 Å². The van der Waals surface area contributed by atoms with E-state index in [1.54, 1.807) is 17.2 Å². The first-order valence-corrected chi connectivity index (χ1v) is 9.86. The number of nitrogens with one attached hydrogen (secondary N) is 3. The summed E-state index contributed by atoms with van der Waals surface area (Å²) in [6.07, 6.45) is 9.24. The molecule has 0 radical (unpaired) electrons. The molecule has 2 aromatic rings. The molecule has 2 aromatic heterocycles. The number of rotatable bonds is 6. The summed E-state index contributed by atoms with van der Waals surface area (Å²) in [5.74, 6) is 1.67. The van der Waals surface area contributed by atoms with Crippen LogP contribution in [-0.4, -0.2) is 63.4 Å². The molecule has 3 rings (SSSR count). The van der Waals surface area contributed by atoms with Crippen molar-refractivity contribution in [1.82, 2.24) is 30.4 Å². The van der Waals surface area contributed by atoms with E-state index in [1.165, 1.54) is 19.3 Å². The highest BCUT2D eigenvalue weighted by molar-refractivity contribution is 14.0. The van der Waals surface area contributed by atoms with E-state index in [9.17, 15) is 0 Å². The lowest BCUT2D eigenvalue weighted by molar-refractivity contribution is 0.616. The van der Waals surface area contributed by atoms with Gasteiger partial charge < -0.3 is 16.0 Å². The molecule has 3 N–H and O–H groups in total. The minimum atomic E-state index is 0. The maximum absolute atomic E-state index is 4.32. The van der Waals surface area contributed by atoms with Crippen molar-refractivity contribution in [2.24, 2.45) is 12.0 Å². The smallest absolute Gasteiger partial charge is 0.191 e. The van der Waals surface area contributed by atoms with Crippen molar-refractivity contribution in [1.29, 1.82) is 0 Å². The van der Waals surface area contributed by atoms with Gasteiger partial charge in [-0.25, -0.2) is 9.97 Å². The lowest BCUT2D eigenvalue weighted by Crippen LogP contribution is -2.44. The number of aromatic nitrogens is 4. The summed E-state index contributed by atoms with van der Waals surface area (Å²) in [5, 5.41) is 16.1. The Balaban J connectivity index is 0.00000243. The molecule has 0 spiro atoms. The summed E-state index contributed by atoms with van der Waals surface area (Å²) in [6.45, 7) is 1.49. The second-order valence-electron chi connectivity index (χ2n) is 6.17. The molecule has 26 heavy (non-hydrogen) atoms. The molecular weight excluding hydrogens is 463 g/mol. The minimum absolute atomic E-state index is 0. The standard InChI is InChI=1S/C16H26N8S.HI/c1-17-16(23-11-4-5-12(8-11)25-3)19-7-6-18-14-13-9-22-24(2)15(13)21-10-20-14;/h9-12H,4-8H2,1-3H3,(H2,17,19,23)(H,18,20,21);1H. The molecule has 1 aliphatic carbocycles. The third kappa shape index (κ3) is 5.12. The fraction of sp³-hybridized carbons (Fsp3) is 0.625. The van der Waals surface area contributed by atoms with E-state index in [2.05, 4.69) is 42.3 Å². The number of hydrogen-bond donors (Lipinski definition) is 3. The number of aliphatic imine (C=N–C) groups is 1. The van der Waals surface area contributed by atoms with Gasteiger partial charge in [-0.2, -0.15) is 16.9 Å². The summed E-state index contributed by atoms with van der Waals surface area (Å²) < 4.78 is 1.75. The molecule has 1 saturated carbocycles. The Bertz CT molecular complexity index is 734. The van der Waals surface area contributed by atoms with Gasteiger partial charge in [0.25, 0.3) is 0 Å². The summed E-state index contributed by atoms with van der Waals surface area (Å²) in [6, 6.07) is 0.522. The zero-order chi connectivity index (χ0) is 17.6. The van der Waals surface area contributed by atoms with Gasteiger partial charge in [0.1, 0.15) is 12.1 Å². The van der Waals surface area contributed by atoms with Crippen LogP contribution in [0.25, 0.3) is 11.0 Å². The Labute approximate surface area is 175 Å². The van der Waals surface area contributed by atoms with Crippen molar-refractivity contribution >= 4 is 58.5 Å². The Hall–Kier alpha value is -1.30. The first-order valence-electron chi connectivity index (χ1n) is 8.57. The zero-order valence-electron chi connectivity index (χ0n) is 15.4. The molecule has 0 saturated heterocycles. The molecule has 1 fully saturated rings. The number of hydrogen-bond acceptors (Lipinski definition) is 6. The third-order valence-corrected chi connectivity index (χ3v) is 5.62. The van der Waals surface area contributed by atoms with Crippen molar-refractivity contribution in [3.8, 4) is 0 Å². The molecule has 2 heterocycles. The van der Waals surface area contributed by atoms with Crippen LogP contribution >= 0.6 is 35.7 Å². The van der Waals surface area contributed by atoms with Crippen LogP contribution < -0.4 is 16.0 Å². The molecule has 0 bridgehead atoms. The van der Waals surface area contributed by atoms with E-state index in [0.717, 1.165) is 41.2 Å². The summed E-state index contributed by atoms with van der Waals surface area (Å²) in [4.78, 5) is 12.9. The first-order chi connectivity index (χ1) is 12.2. The topological polar surface area (TPSA) is 92.1 Å². The Kier molecular flexibility index (Phi) is 8.19. The Morgan fingerprint density at radius 1 is 1.35 bits per heavy atom. The molecule has 0 aromatic carbocycles. The predicted octanol–water partition coefficient (Wildman–Crippen LogP) is 1.84. The molecule has 8 nitrogen and oxygen atoms in total. The van der Waals surface area contributed by atoms with Gasteiger partial charge >= 0.3 is 0 Å². The third-order valence-electron chi connectivity index (χ3n) is 4.52. The van der Waals surface area contributed by atoms with E-state index in [4.69, 9.17) is 0 Å². The average molecular weight is 490 g/mol. The predicted molar refractivity (Wildman–Crippen MR) is 120 cm³/mol. The van der Waals surface area contributed by atoms with Gasteiger partial charge in [-0.3, -0.25) is 9.67 Å². The van der Waals surface area contributed by atoms with Gasteiger partial charge in [0, 0.05) is 38.5 Å².